The first-order chi connectivity index (χ1) is 14.0. The number of carbonyl (C=O) groups is 1. The Bertz CT molecular complexity index is 1120. The van der Waals surface area contributed by atoms with Crippen molar-refractivity contribution in [2.75, 3.05) is 26.9 Å². The minimum atomic E-state index is -0.524. The molecular weight excluding hydrogens is 370 g/mol. The summed E-state index contributed by atoms with van der Waals surface area (Å²) in [5.41, 5.74) is 2.43. The maximum absolute atomic E-state index is 13.4. The number of hydrogen-bond donors (Lipinski definition) is 0. The van der Waals surface area contributed by atoms with Crippen LogP contribution in [0.4, 0.5) is 0 Å². The molecule has 0 unspecified atom stereocenters. The predicted molar refractivity (Wildman–Crippen MR) is 110 cm³/mol. The number of rotatable bonds is 6. The molecule has 1 atom stereocenters. The average molecular weight is 393 g/mol. The first kappa shape index (κ1) is 19.2. The fourth-order valence-electron chi connectivity index (χ4n) is 3.81. The molecule has 0 saturated heterocycles. The highest BCUT2D eigenvalue weighted by Crippen LogP contribution is 2.38. The van der Waals surface area contributed by atoms with Crippen LogP contribution < -0.4 is 10.2 Å². The molecule has 1 aliphatic rings. The van der Waals surface area contributed by atoms with E-state index in [1.807, 2.05) is 44.2 Å². The summed E-state index contributed by atoms with van der Waals surface area (Å²) in [7, 11) is 1.58. The lowest BCUT2D eigenvalue weighted by atomic mass is 9.98. The summed E-state index contributed by atoms with van der Waals surface area (Å²) in [6.07, 6.45) is 0. The predicted octanol–water partition coefficient (Wildman–Crippen LogP) is 3.69. The Morgan fingerprint density at radius 1 is 1.10 bits per heavy atom. The van der Waals surface area contributed by atoms with Crippen LogP contribution in [0.5, 0.6) is 5.75 Å². The first-order valence-corrected chi connectivity index (χ1v) is 9.65. The van der Waals surface area contributed by atoms with Crippen LogP contribution >= 0.6 is 0 Å². The number of ether oxygens (including phenoxy) is 2. The van der Waals surface area contributed by atoms with Crippen LogP contribution in [0.2, 0.25) is 0 Å². The molecule has 1 amide bonds. The maximum Gasteiger partial charge on any atom is 0.290 e. The quantitative estimate of drug-likeness (QED) is 0.639. The van der Waals surface area contributed by atoms with Crippen LogP contribution in [-0.2, 0) is 4.74 Å². The molecule has 0 saturated carbocycles. The normalized spacial score (nSPS) is 15.8. The fourth-order valence-corrected chi connectivity index (χ4v) is 3.81. The van der Waals surface area contributed by atoms with Gasteiger partial charge >= 0.3 is 0 Å². The van der Waals surface area contributed by atoms with Gasteiger partial charge in [0.25, 0.3) is 5.91 Å². The Kier molecular flexibility index (Phi) is 5.11. The zero-order chi connectivity index (χ0) is 20.5. The van der Waals surface area contributed by atoms with E-state index in [0.29, 0.717) is 36.3 Å². The third kappa shape index (κ3) is 3.29. The second-order valence-electron chi connectivity index (χ2n) is 7.07. The number of methoxy groups -OCH3 is 1. The van der Waals surface area contributed by atoms with Crippen LogP contribution in [0, 0.1) is 6.92 Å². The van der Waals surface area contributed by atoms with E-state index in [4.69, 9.17) is 13.9 Å². The van der Waals surface area contributed by atoms with Crippen molar-refractivity contribution in [1.29, 1.82) is 0 Å². The van der Waals surface area contributed by atoms with Gasteiger partial charge in [0.1, 0.15) is 11.3 Å². The lowest BCUT2D eigenvalue weighted by Gasteiger charge is -2.25. The molecule has 6 heteroatoms. The van der Waals surface area contributed by atoms with Crippen molar-refractivity contribution in [3.63, 3.8) is 0 Å². The Balaban J connectivity index is 1.90. The van der Waals surface area contributed by atoms with E-state index in [0.717, 1.165) is 16.9 Å². The summed E-state index contributed by atoms with van der Waals surface area (Å²) >= 11 is 0. The molecule has 29 heavy (non-hydrogen) atoms. The van der Waals surface area contributed by atoms with Crippen molar-refractivity contribution < 1.29 is 18.7 Å². The molecule has 0 radical (unpaired) electrons. The minimum Gasteiger partial charge on any atom is -0.494 e. The molecule has 6 nitrogen and oxygen atoms in total. The highest BCUT2D eigenvalue weighted by atomic mass is 16.5. The number of aryl methyl sites for hydroxylation is 1. The number of fused-ring (bicyclic) bond motifs is 2. The van der Waals surface area contributed by atoms with E-state index in [1.54, 1.807) is 24.1 Å². The van der Waals surface area contributed by atoms with Crippen LogP contribution in [0.15, 0.2) is 51.7 Å². The van der Waals surface area contributed by atoms with Gasteiger partial charge in [-0.15, -0.1) is 0 Å². The van der Waals surface area contributed by atoms with E-state index < -0.39 is 6.04 Å². The van der Waals surface area contributed by atoms with Gasteiger partial charge in [-0.3, -0.25) is 9.59 Å². The zero-order valence-electron chi connectivity index (χ0n) is 16.7. The number of hydrogen-bond acceptors (Lipinski definition) is 5. The Labute approximate surface area is 168 Å². The number of carbonyl (C=O) groups excluding carboxylic acids is 1. The van der Waals surface area contributed by atoms with E-state index in [2.05, 4.69) is 0 Å². The molecule has 0 aliphatic carbocycles. The largest absolute Gasteiger partial charge is 0.494 e. The SMILES string of the molecule is CCOc1ccc([C@@H]2c3c(oc4ccc(C)cc4c3=O)C(=O)N2CCOC)cc1. The number of nitrogens with zero attached hydrogens (tertiary/aromatic N) is 1. The number of amides is 1. The van der Waals surface area contributed by atoms with E-state index in [1.165, 1.54) is 0 Å². The highest BCUT2D eigenvalue weighted by molar-refractivity contribution is 5.99. The Morgan fingerprint density at radius 3 is 2.55 bits per heavy atom. The summed E-state index contributed by atoms with van der Waals surface area (Å²) in [5.74, 6) is 0.558. The average Bonchev–Trinajstić information content (AvgIpc) is 3.00. The molecule has 0 fully saturated rings. The maximum atomic E-state index is 13.4. The van der Waals surface area contributed by atoms with Crippen molar-refractivity contribution in [1.82, 2.24) is 4.90 Å². The zero-order valence-corrected chi connectivity index (χ0v) is 16.7. The van der Waals surface area contributed by atoms with Crippen LogP contribution in [0.25, 0.3) is 11.0 Å². The molecule has 3 aromatic rings. The molecular formula is C23H23NO5. The highest BCUT2D eigenvalue weighted by Gasteiger charge is 2.42. The lowest BCUT2D eigenvalue weighted by molar-refractivity contribution is 0.0663. The van der Waals surface area contributed by atoms with Crippen LogP contribution in [-0.4, -0.2) is 37.7 Å². The van der Waals surface area contributed by atoms with E-state index >= 15 is 0 Å². The van der Waals surface area contributed by atoms with Gasteiger partial charge in [-0.1, -0.05) is 23.8 Å². The number of benzene rings is 2. The van der Waals surface area contributed by atoms with Crippen molar-refractivity contribution in [2.45, 2.75) is 19.9 Å². The molecule has 2 aromatic carbocycles. The van der Waals surface area contributed by atoms with Gasteiger partial charge in [-0.25, -0.2) is 0 Å². The molecule has 0 N–H and O–H groups in total. The minimum absolute atomic E-state index is 0.112. The smallest absolute Gasteiger partial charge is 0.290 e. The third-order valence-corrected chi connectivity index (χ3v) is 5.16. The Hall–Kier alpha value is -3.12. The van der Waals surface area contributed by atoms with Gasteiger partial charge in [0.2, 0.25) is 5.76 Å². The molecule has 1 aromatic heterocycles. The van der Waals surface area contributed by atoms with Crippen LogP contribution in [0.1, 0.15) is 40.2 Å². The van der Waals surface area contributed by atoms with Crippen molar-refractivity contribution in [3.8, 4) is 5.75 Å². The summed E-state index contributed by atoms with van der Waals surface area (Å²) in [4.78, 5) is 28.2. The Morgan fingerprint density at radius 2 is 1.86 bits per heavy atom. The van der Waals surface area contributed by atoms with Crippen LogP contribution in [0.3, 0.4) is 0 Å². The van der Waals surface area contributed by atoms with Gasteiger partial charge in [-0.2, -0.15) is 0 Å². The van der Waals surface area contributed by atoms with E-state index in [9.17, 15) is 9.59 Å². The molecule has 0 bridgehead atoms. The molecule has 4 rings (SSSR count). The summed E-state index contributed by atoms with van der Waals surface area (Å²) < 4.78 is 16.6. The third-order valence-electron chi connectivity index (χ3n) is 5.16. The fraction of sp³-hybridized carbons (Fsp3) is 0.304. The van der Waals surface area contributed by atoms with Gasteiger partial charge in [0.15, 0.2) is 5.43 Å². The molecule has 2 heterocycles. The second kappa shape index (κ2) is 7.72. The topological polar surface area (TPSA) is 69.0 Å². The molecule has 0 spiro atoms. The summed E-state index contributed by atoms with van der Waals surface area (Å²) in [6, 6.07) is 12.4. The lowest BCUT2D eigenvalue weighted by Crippen LogP contribution is -2.32. The van der Waals surface area contributed by atoms with Gasteiger partial charge in [0.05, 0.1) is 30.2 Å². The standard InChI is InChI=1S/C23H23NO5/c1-4-28-16-8-6-15(7-9-16)20-19-21(25)17-13-14(2)5-10-18(17)29-22(19)23(26)24(20)11-12-27-3/h5-10,13,20H,4,11-12H2,1-3H3/t20-/m1/s1. The first-order valence-electron chi connectivity index (χ1n) is 9.65. The van der Waals surface area contributed by atoms with Gasteiger partial charge in [0, 0.05) is 13.7 Å². The van der Waals surface area contributed by atoms with Crippen molar-refractivity contribution in [2.24, 2.45) is 0 Å². The monoisotopic (exact) mass is 393 g/mol. The summed E-state index contributed by atoms with van der Waals surface area (Å²) in [6.45, 7) is 5.13. The van der Waals surface area contributed by atoms with Crippen molar-refractivity contribution in [3.05, 3.63) is 75.1 Å². The van der Waals surface area contributed by atoms with Crippen molar-refractivity contribution >= 4 is 16.9 Å². The molecule has 150 valence electrons. The second-order valence-corrected chi connectivity index (χ2v) is 7.07. The van der Waals surface area contributed by atoms with Gasteiger partial charge in [-0.05, 0) is 43.7 Å². The summed E-state index contributed by atoms with van der Waals surface area (Å²) in [5, 5.41) is 0.487. The van der Waals surface area contributed by atoms with E-state index in [-0.39, 0.29) is 17.1 Å². The molecule has 1 aliphatic heterocycles. The van der Waals surface area contributed by atoms with Gasteiger partial charge < -0.3 is 18.8 Å².